The second kappa shape index (κ2) is 8.24. The maximum Gasteiger partial charge on any atom is 0.361 e. The molecule has 0 atom stereocenters. The number of imide groups is 1. The van der Waals surface area contributed by atoms with Crippen LogP contribution in [0.15, 0.2) is 36.7 Å². The number of nitrogens with two attached hydrogens (primary N) is 1. The van der Waals surface area contributed by atoms with Crippen molar-refractivity contribution in [3.63, 3.8) is 0 Å². The van der Waals surface area contributed by atoms with Crippen molar-refractivity contribution in [1.82, 2.24) is 15.3 Å². The topological polar surface area (TPSA) is 146 Å². The van der Waals surface area contributed by atoms with Gasteiger partial charge in [0.1, 0.15) is 5.75 Å². The van der Waals surface area contributed by atoms with Crippen LogP contribution in [0.25, 0.3) is 0 Å². The Morgan fingerprint density at radius 2 is 1.80 bits per heavy atom. The Bertz CT molecular complexity index is 778. The Kier molecular flexibility index (Phi) is 5.82. The number of aromatic nitrogens is 2. The summed E-state index contributed by atoms with van der Waals surface area (Å²) in [6, 6.07) is 5.71. The van der Waals surface area contributed by atoms with Crippen LogP contribution in [0.1, 0.15) is 10.5 Å². The molecular formula is C15H15N5O5. The SMILES string of the molecule is COc1ccc(NC(=O)NC(=O)COC(=O)c2nccnc2N)cc1. The molecule has 1 aromatic heterocycles. The molecule has 0 aliphatic carbocycles. The van der Waals surface area contributed by atoms with Crippen molar-refractivity contribution in [1.29, 1.82) is 0 Å². The van der Waals surface area contributed by atoms with Crippen molar-refractivity contribution in [3.05, 3.63) is 42.4 Å². The number of urea groups is 1. The third-order valence-corrected chi connectivity index (χ3v) is 2.86. The molecule has 0 bridgehead atoms. The summed E-state index contributed by atoms with van der Waals surface area (Å²) in [6.07, 6.45) is 2.57. The predicted molar refractivity (Wildman–Crippen MR) is 86.9 cm³/mol. The zero-order valence-electron chi connectivity index (χ0n) is 13.2. The van der Waals surface area contributed by atoms with Gasteiger partial charge in [-0.1, -0.05) is 0 Å². The van der Waals surface area contributed by atoms with Gasteiger partial charge in [0.25, 0.3) is 5.91 Å². The van der Waals surface area contributed by atoms with E-state index in [1.54, 1.807) is 24.3 Å². The van der Waals surface area contributed by atoms with Crippen molar-refractivity contribution >= 4 is 29.4 Å². The Labute approximate surface area is 142 Å². The van der Waals surface area contributed by atoms with Crippen LogP contribution < -0.4 is 21.1 Å². The molecule has 10 heteroatoms. The molecule has 1 aromatic carbocycles. The lowest BCUT2D eigenvalue weighted by Gasteiger charge is -2.08. The minimum Gasteiger partial charge on any atom is -0.497 e. The molecule has 0 saturated heterocycles. The summed E-state index contributed by atoms with van der Waals surface area (Å²) in [7, 11) is 1.52. The largest absolute Gasteiger partial charge is 0.497 e. The van der Waals surface area contributed by atoms with Crippen LogP contribution in [0.3, 0.4) is 0 Å². The molecule has 0 unspecified atom stereocenters. The second-order valence-electron chi connectivity index (χ2n) is 4.60. The second-order valence-corrected chi connectivity index (χ2v) is 4.60. The van der Waals surface area contributed by atoms with Gasteiger partial charge in [0.05, 0.1) is 7.11 Å². The van der Waals surface area contributed by atoms with Gasteiger partial charge < -0.3 is 20.5 Å². The number of benzene rings is 1. The summed E-state index contributed by atoms with van der Waals surface area (Å²) >= 11 is 0. The fraction of sp³-hybridized carbons (Fsp3) is 0.133. The standard InChI is InChI=1S/C15H15N5O5/c1-24-10-4-2-9(3-5-10)19-15(23)20-11(21)8-25-14(22)12-13(16)18-7-6-17-12/h2-7H,8H2,1H3,(H2,16,18)(H2,19,20,21,23). The van der Waals surface area contributed by atoms with E-state index in [9.17, 15) is 14.4 Å². The highest BCUT2D eigenvalue weighted by atomic mass is 16.5. The number of carbonyl (C=O) groups is 3. The van der Waals surface area contributed by atoms with Gasteiger partial charge in [-0.3, -0.25) is 10.1 Å². The Morgan fingerprint density at radius 3 is 2.44 bits per heavy atom. The van der Waals surface area contributed by atoms with E-state index >= 15 is 0 Å². The smallest absolute Gasteiger partial charge is 0.361 e. The van der Waals surface area contributed by atoms with Crippen LogP contribution in [0.2, 0.25) is 0 Å². The average molecular weight is 345 g/mol. The molecule has 0 saturated carbocycles. The first-order valence-electron chi connectivity index (χ1n) is 6.98. The number of amides is 3. The number of nitrogens with one attached hydrogen (secondary N) is 2. The molecule has 2 aromatic rings. The van der Waals surface area contributed by atoms with E-state index in [0.717, 1.165) is 0 Å². The number of anilines is 2. The third-order valence-electron chi connectivity index (χ3n) is 2.86. The molecule has 0 spiro atoms. The van der Waals surface area contributed by atoms with Crippen molar-refractivity contribution in [2.75, 3.05) is 24.8 Å². The van der Waals surface area contributed by atoms with Gasteiger partial charge in [0, 0.05) is 18.1 Å². The Hall–Kier alpha value is -3.69. The van der Waals surface area contributed by atoms with Gasteiger partial charge >= 0.3 is 12.0 Å². The predicted octanol–water partition coefficient (Wildman–Crippen LogP) is 0.572. The highest BCUT2D eigenvalue weighted by Gasteiger charge is 2.16. The van der Waals surface area contributed by atoms with Gasteiger partial charge in [-0.2, -0.15) is 0 Å². The molecule has 130 valence electrons. The van der Waals surface area contributed by atoms with Crippen LogP contribution >= 0.6 is 0 Å². The summed E-state index contributed by atoms with van der Waals surface area (Å²) < 4.78 is 9.71. The lowest BCUT2D eigenvalue weighted by atomic mass is 10.3. The first-order chi connectivity index (χ1) is 12.0. The van der Waals surface area contributed by atoms with Crippen LogP contribution in [0.5, 0.6) is 5.75 Å². The molecule has 0 aliphatic rings. The van der Waals surface area contributed by atoms with Crippen LogP contribution in [0, 0.1) is 0 Å². The fourth-order valence-corrected chi connectivity index (χ4v) is 1.70. The number of methoxy groups -OCH3 is 1. The molecular weight excluding hydrogens is 330 g/mol. The number of esters is 1. The summed E-state index contributed by atoms with van der Waals surface area (Å²) in [6.45, 7) is -0.676. The summed E-state index contributed by atoms with van der Waals surface area (Å²) in [5, 5.41) is 4.46. The molecule has 0 radical (unpaired) electrons. The van der Waals surface area contributed by atoms with Gasteiger partial charge in [0.15, 0.2) is 18.1 Å². The van der Waals surface area contributed by atoms with Gasteiger partial charge in [-0.15, -0.1) is 0 Å². The number of nitrogen functional groups attached to an aromatic ring is 1. The first kappa shape index (κ1) is 17.7. The first-order valence-corrected chi connectivity index (χ1v) is 6.98. The minimum atomic E-state index is -0.920. The van der Waals surface area contributed by atoms with Crippen LogP contribution in [-0.2, 0) is 9.53 Å². The lowest BCUT2D eigenvalue weighted by Crippen LogP contribution is -2.37. The molecule has 25 heavy (non-hydrogen) atoms. The van der Waals surface area contributed by atoms with E-state index in [0.29, 0.717) is 11.4 Å². The quantitative estimate of drug-likeness (QED) is 0.667. The van der Waals surface area contributed by atoms with Gasteiger partial charge in [0.2, 0.25) is 0 Å². The van der Waals surface area contributed by atoms with Crippen molar-refractivity contribution in [2.45, 2.75) is 0 Å². The summed E-state index contributed by atoms with van der Waals surface area (Å²) in [4.78, 5) is 42.4. The van der Waals surface area contributed by atoms with E-state index < -0.39 is 24.5 Å². The minimum absolute atomic E-state index is 0.120. The van der Waals surface area contributed by atoms with Crippen molar-refractivity contribution < 1.29 is 23.9 Å². The maximum absolute atomic E-state index is 11.7. The number of hydrogen-bond acceptors (Lipinski definition) is 8. The number of hydrogen-bond donors (Lipinski definition) is 3. The van der Waals surface area contributed by atoms with E-state index in [2.05, 4.69) is 15.3 Å². The van der Waals surface area contributed by atoms with Crippen LogP contribution in [-0.4, -0.2) is 41.6 Å². The number of carbonyl (C=O) groups excluding carboxylic acids is 3. The Morgan fingerprint density at radius 1 is 1.12 bits per heavy atom. The third kappa shape index (κ3) is 5.16. The van der Waals surface area contributed by atoms with Crippen molar-refractivity contribution in [3.8, 4) is 5.75 Å². The molecule has 1 heterocycles. The van der Waals surface area contributed by atoms with Gasteiger partial charge in [-0.05, 0) is 24.3 Å². The normalized spacial score (nSPS) is 9.80. The highest BCUT2D eigenvalue weighted by molar-refractivity contribution is 6.02. The molecule has 0 aliphatic heterocycles. The molecule has 3 amide bonds. The monoisotopic (exact) mass is 345 g/mol. The summed E-state index contributed by atoms with van der Waals surface area (Å²) in [5.74, 6) is -1.24. The molecule has 4 N–H and O–H groups in total. The molecule has 10 nitrogen and oxygen atoms in total. The molecule has 2 rings (SSSR count). The van der Waals surface area contributed by atoms with Crippen LogP contribution in [0.4, 0.5) is 16.3 Å². The zero-order valence-corrected chi connectivity index (χ0v) is 13.2. The number of nitrogens with zero attached hydrogens (tertiary/aromatic N) is 2. The van der Waals surface area contributed by atoms with E-state index in [1.807, 2.05) is 5.32 Å². The van der Waals surface area contributed by atoms with E-state index in [1.165, 1.54) is 19.5 Å². The van der Waals surface area contributed by atoms with Gasteiger partial charge in [-0.25, -0.2) is 19.6 Å². The van der Waals surface area contributed by atoms with E-state index in [4.69, 9.17) is 15.2 Å². The number of rotatable bonds is 5. The fourth-order valence-electron chi connectivity index (χ4n) is 1.70. The van der Waals surface area contributed by atoms with Crippen molar-refractivity contribution in [2.24, 2.45) is 0 Å². The lowest BCUT2D eigenvalue weighted by molar-refractivity contribution is -0.123. The maximum atomic E-state index is 11.7. The highest BCUT2D eigenvalue weighted by Crippen LogP contribution is 2.14. The zero-order chi connectivity index (χ0) is 18.2. The summed E-state index contributed by atoms with van der Waals surface area (Å²) in [5.41, 5.74) is 5.71. The average Bonchev–Trinajstić information content (AvgIpc) is 2.60. The van der Waals surface area contributed by atoms with E-state index in [-0.39, 0.29) is 11.5 Å². The number of ether oxygens (including phenoxy) is 2. The Balaban J connectivity index is 1.80. The molecule has 0 fully saturated rings.